The molecule has 0 saturated carbocycles. The highest BCUT2D eigenvalue weighted by molar-refractivity contribution is 7.07. The molecule has 1 aliphatic rings. The number of rotatable bonds is 7. The van der Waals surface area contributed by atoms with Crippen LogP contribution in [0.4, 0.5) is 0 Å². The number of nitrogens with one attached hydrogen (secondary N) is 1. The minimum absolute atomic E-state index is 0.208. The zero-order valence-corrected chi connectivity index (χ0v) is 22.8. The van der Waals surface area contributed by atoms with E-state index in [2.05, 4.69) is 9.98 Å². The van der Waals surface area contributed by atoms with Crippen molar-refractivity contribution in [2.45, 2.75) is 33.7 Å². The van der Waals surface area contributed by atoms with Crippen molar-refractivity contribution in [3.8, 4) is 11.5 Å². The van der Waals surface area contributed by atoms with Crippen molar-refractivity contribution < 1.29 is 19.0 Å². The van der Waals surface area contributed by atoms with Gasteiger partial charge in [-0.05, 0) is 57.5 Å². The maximum absolute atomic E-state index is 14.0. The summed E-state index contributed by atoms with van der Waals surface area (Å²) in [4.78, 5) is 35.7. The van der Waals surface area contributed by atoms with Gasteiger partial charge in [0.2, 0.25) is 0 Å². The second-order valence-electron chi connectivity index (χ2n) is 8.85. The van der Waals surface area contributed by atoms with E-state index in [4.69, 9.17) is 14.2 Å². The first-order chi connectivity index (χ1) is 18.4. The lowest BCUT2D eigenvalue weighted by atomic mass is 9.95. The Balaban J connectivity index is 1.76. The zero-order valence-electron chi connectivity index (χ0n) is 22.0. The van der Waals surface area contributed by atoms with Gasteiger partial charge in [0, 0.05) is 22.2 Å². The van der Waals surface area contributed by atoms with Gasteiger partial charge in [-0.2, -0.15) is 0 Å². The van der Waals surface area contributed by atoms with Crippen molar-refractivity contribution in [3.05, 3.63) is 90.2 Å². The summed E-state index contributed by atoms with van der Waals surface area (Å²) in [6, 6.07) is 12.7. The Labute approximate surface area is 223 Å². The van der Waals surface area contributed by atoms with Crippen molar-refractivity contribution in [3.63, 3.8) is 0 Å². The molecule has 0 bridgehead atoms. The maximum Gasteiger partial charge on any atom is 0.338 e. The summed E-state index contributed by atoms with van der Waals surface area (Å²) in [6.07, 6.45) is 1.90. The Kier molecular flexibility index (Phi) is 6.94. The summed E-state index contributed by atoms with van der Waals surface area (Å²) in [6.45, 7) is 8.04. The molecule has 8 nitrogen and oxygen atoms in total. The molecule has 9 heteroatoms. The average molecular weight is 532 g/mol. The predicted molar refractivity (Wildman–Crippen MR) is 148 cm³/mol. The van der Waals surface area contributed by atoms with Crippen molar-refractivity contribution in [2.75, 3.05) is 20.3 Å². The molecule has 1 unspecified atom stereocenters. The largest absolute Gasteiger partial charge is 0.493 e. The van der Waals surface area contributed by atoms with E-state index in [1.807, 2.05) is 56.3 Å². The number of methoxy groups -OCH3 is 1. The molecule has 3 heterocycles. The van der Waals surface area contributed by atoms with Crippen LogP contribution in [0, 0.1) is 6.92 Å². The first kappa shape index (κ1) is 25.5. The topological polar surface area (TPSA) is 94.9 Å². The van der Waals surface area contributed by atoms with Crippen LogP contribution < -0.4 is 24.4 Å². The lowest BCUT2D eigenvalue weighted by Gasteiger charge is -2.25. The third-order valence-electron chi connectivity index (χ3n) is 6.54. The van der Waals surface area contributed by atoms with Crippen LogP contribution in [-0.2, 0) is 9.53 Å². The van der Waals surface area contributed by atoms with Gasteiger partial charge < -0.3 is 19.2 Å². The normalized spacial score (nSPS) is 15.4. The Morgan fingerprint density at radius 2 is 1.92 bits per heavy atom. The number of aromatic amines is 1. The van der Waals surface area contributed by atoms with Crippen LogP contribution in [0.5, 0.6) is 11.5 Å². The lowest BCUT2D eigenvalue weighted by molar-refractivity contribution is -0.139. The molecule has 38 heavy (non-hydrogen) atoms. The van der Waals surface area contributed by atoms with Gasteiger partial charge >= 0.3 is 5.97 Å². The molecule has 1 aliphatic heterocycles. The number of ether oxygens (including phenoxy) is 3. The number of benzene rings is 2. The van der Waals surface area contributed by atoms with Crippen LogP contribution in [0.2, 0.25) is 0 Å². The number of carbonyl (C=O) groups excluding carboxylic acids is 1. The number of carbonyl (C=O) groups is 1. The van der Waals surface area contributed by atoms with E-state index in [0.29, 0.717) is 44.3 Å². The van der Waals surface area contributed by atoms with Gasteiger partial charge in [-0.1, -0.05) is 35.6 Å². The van der Waals surface area contributed by atoms with Crippen LogP contribution in [0.25, 0.3) is 17.0 Å². The monoisotopic (exact) mass is 531 g/mol. The van der Waals surface area contributed by atoms with E-state index in [-0.39, 0.29) is 12.2 Å². The molecule has 5 rings (SSSR count). The summed E-state index contributed by atoms with van der Waals surface area (Å²) in [5, 5.41) is 1.03. The average Bonchev–Trinajstić information content (AvgIpc) is 3.38. The number of allylic oxidation sites excluding steroid dienone is 1. The highest BCUT2D eigenvalue weighted by Gasteiger charge is 2.34. The highest BCUT2D eigenvalue weighted by atomic mass is 32.1. The first-order valence-electron chi connectivity index (χ1n) is 12.5. The van der Waals surface area contributed by atoms with Crippen LogP contribution >= 0.6 is 11.3 Å². The van der Waals surface area contributed by atoms with E-state index in [1.54, 1.807) is 31.6 Å². The number of H-pyrrole nitrogens is 1. The molecule has 4 aromatic rings. The van der Waals surface area contributed by atoms with Gasteiger partial charge in [0.15, 0.2) is 16.3 Å². The van der Waals surface area contributed by atoms with E-state index in [9.17, 15) is 9.59 Å². The smallest absolute Gasteiger partial charge is 0.338 e. The highest BCUT2D eigenvalue weighted by Crippen LogP contribution is 2.36. The predicted octanol–water partition coefficient (Wildman–Crippen LogP) is 4.00. The molecule has 0 aliphatic carbocycles. The number of aryl methyl sites for hydroxylation is 1. The number of para-hydroxylation sites is 1. The summed E-state index contributed by atoms with van der Waals surface area (Å²) < 4.78 is 18.8. The van der Waals surface area contributed by atoms with Gasteiger partial charge in [0.1, 0.15) is 0 Å². The van der Waals surface area contributed by atoms with Crippen molar-refractivity contribution in [1.29, 1.82) is 0 Å². The van der Waals surface area contributed by atoms with Gasteiger partial charge in [0.05, 0.1) is 42.2 Å². The molecule has 0 fully saturated rings. The van der Waals surface area contributed by atoms with Crippen molar-refractivity contribution >= 4 is 34.3 Å². The van der Waals surface area contributed by atoms with Crippen LogP contribution in [0.1, 0.15) is 43.6 Å². The standard InChI is InChI=1S/C29H29N3O5S/c1-6-36-23-14-18(12-13-22(23)35-5)26-25(28(34)37-7-2)17(4)31-29-32(26)27(33)24(38-29)15-20-16(3)30-21-11-9-8-10-19(20)21/h8-15,26,30H,6-7H2,1-5H3. The molecule has 1 N–H and O–H groups in total. The van der Waals surface area contributed by atoms with Crippen molar-refractivity contribution in [1.82, 2.24) is 9.55 Å². The van der Waals surface area contributed by atoms with Gasteiger partial charge in [-0.25, -0.2) is 9.79 Å². The zero-order chi connectivity index (χ0) is 27.0. The van der Waals surface area contributed by atoms with E-state index in [0.717, 1.165) is 22.2 Å². The summed E-state index contributed by atoms with van der Waals surface area (Å²) >= 11 is 1.30. The number of fused-ring (bicyclic) bond motifs is 2. The summed E-state index contributed by atoms with van der Waals surface area (Å²) in [5.74, 6) is 0.590. The third kappa shape index (κ3) is 4.32. The second kappa shape index (κ2) is 10.3. The van der Waals surface area contributed by atoms with E-state index < -0.39 is 12.0 Å². The fourth-order valence-electron chi connectivity index (χ4n) is 4.85. The number of aromatic nitrogens is 2. The minimum Gasteiger partial charge on any atom is -0.493 e. The molecular weight excluding hydrogens is 502 g/mol. The van der Waals surface area contributed by atoms with Crippen molar-refractivity contribution in [2.24, 2.45) is 4.99 Å². The quantitative estimate of drug-likeness (QED) is 0.364. The van der Waals surface area contributed by atoms with Crippen LogP contribution in [-0.4, -0.2) is 35.8 Å². The fourth-order valence-corrected chi connectivity index (χ4v) is 5.88. The third-order valence-corrected chi connectivity index (χ3v) is 7.52. The van der Waals surface area contributed by atoms with Gasteiger partial charge in [-0.15, -0.1) is 0 Å². The summed E-state index contributed by atoms with van der Waals surface area (Å²) in [7, 11) is 1.57. The molecule has 2 aromatic heterocycles. The second-order valence-corrected chi connectivity index (χ2v) is 9.86. The Morgan fingerprint density at radius 3 is 2.66 bits per heavy atom. The Hall–Kier alpha value is -4.11. The maximum atomic E-state index is 14.0. The Morgan fingerprint density at radius 1 is 1.13 bits per heavy atom. The molecular formula is C29H29N3O5S. The SMILES string of the molecule is CCOC(=O)C1=C(C)N=c2sc(=Cc3c(C)[nH]c4ccccc34)c(=O)n2C1c1ccc(OC)c(OCC)c1. The number of nitrogens with zero attached hydrogens (tertiary/aromatic N) is 2. The Bertz CT molecular complexity index is 1760. The number of esters is 1. The lowest BCUT2D eigenvalue weighted by Crippen LogP contribution is -2.40. The summed E-state index contributed by atoms with van der Waals surface area (Å²) in [5.41, 5.74) is 4.22. The number of hydrogen-bond acceptors (Lipinski definition) is 7. The fraction of sp³-hybridized carbons (Fsp3) is 0.276. The molecule has 0 spiro atoms. The number of hydrogen-bond donors (Lipinski definition) is 1. The van der Waals surface area contributed by atoms with E-state index in [1.165, 1.54) is 11.3 Å². The first-order valence-corrected chi connectivity index (χ1v) is 13.3. The molecule has 0 radical (unpaired) electrons. The molecule has 196 valence electrons. The molecule has 0 saturated heterocycles. The van der Waals surface area contributed by atoms with Crippen LogP contribution in [0.3, 0.4) is 0 Å². The molecule has 1 atom stereocenters. The van der Waals surface area contributed by atoms with Gasteiger partial charge in [-0.3, -0.25) is 9.36 Å². The molecule has 0 amide bonds. The number of thiazole rings is 1. The molecule has 2 aromatic carbocycles. The van der Waals surface area contributed by atoms with Gasteiger partial charge in [0.25, 0.3) is 5.56 Å². The van der Waals surface area contributed by atoms with E-state index >= 15 is 0 Å². The minimum atomic E-state index is -0.735. The van der Waals surface area contributed by atoms with Crippen LogP contribution in [0.15, 0.2) is 63.5 Å².